The summed E-state index contributed by atoms with van der Waals surface area (Å²) in [4.78, 5) is 14.4. The molecule has 2 aromatic rings. The van der Waals surface area contributed by atoms with E-state index in [1.165, 1.54) is 0 Å². The largest absolute Gasteiger partial charge is 0.439 e. The molecule has 0 unspecified atom stereocenters. The standard InChI is InChI=1S/C12H9NO2.C2H7N/c14-9-10-4-6-11(7-5-10)15-12-3-1-2-8-13-12;1-2-3/h1-9H;2-3H2,1H3. The molecule has 1 aromatic carbocycles. The second kappa shape index (κ2) is 7.97. The maximum Gasteiger partial charge on any atom is 0.219 e. The fraction of sp³-hybridized carbons (Fsp3) is 0.143. The molecule has 18 heavy (non-hydrogen) atoms. The van der Waals surface area contributed by atoms with Gasteiger partial charge in [0.25, 0.3) is 0 Å². The lowest BCUT2D eigenvalue weighted by Gasteiger charge is -2.03. The van der Waals surface area contributed by atoms with Crippen LogP contribution in [0.4, 0.5) is 0 Å². The van der Waals surface area contributed by atoms with Crippen molar-refractivity contribution < 1.29 is 9.53 Å². The number of aromatic nitrogens is 1. The van der Waals surface area contributed by atoms with Gasteiger partial charge in [0.15, 0.2) is 0 Å². The molecule has 1 aromatic heterocycles. The van der Waals surface area contributed by atoms with Crippen LogP contribution in [0.1, 0.15) is 17.3 Å². The van der Waals surface area contributed by atoms with Gasteiger partial charge in [0.1, 0.15) is 12.0 Å². The highest BCUT2D eigenvalue weighted by atomic mass is 16.5. The fourth-order valence-corrected chi connectivity index (χ4v) is 1.14. The molecule has 2 rings (SSSR count). The van der Waals surface area contributed by atoms with Crippen LogP contribution in [-0.2, 0) is 0 Å². The quantitative estimate of drug-likeness (QED) is 0.843. The first-order valence-corrected chi connectivity index (χ1v) is 5.64. The maximum absolute atomic E-state index is 10.4. The predicted molar refractivity (Wildman–Crippen MR) is 70.9 cm³/mol. The van der Waals surface area contributed by atoms with E-state index in [1.807, 2.05) is 19.1 Å². The zero-order valence-electron chi connectivity index (χ0n) is 10.2. The van der Waals surface area contributed by atoms with Crippen LogP contribution >= 0.6 is 0 Å². The number of hydrogen-bond donors (Lipinski definition) is 1. The summed E-state index contributed by atoms with van der Waals surface area (Å²) in [5.74, 6) is 1.20. The van der Waals surface area contributed by atoms with Crippen molar-refractivity contribution in [2.75, 3.05) is 6.54 Å². The molecule has 0 radical (unpaired) electrons. The van der Waals surface area contributed by atoms with Crippen molar-refractivity contribution in [3.8, 4) is 11.6 Å². The summed E-state index contributed by atoms with van der Waals surface area (Å²) in [5.41, 5.74) is 5.48. The Labute approximate surface area is 106 Å². The highest BCUT2D eigenvalue weighted by Gasteiger charge is 1.96. The molecule has 94 valence electrons. The molecular formula is C14H16N2O2. The summed E-state index contributed by atoms with van der Waals surface area (Å²) in [6.07, 6.45) is 2.46. The smallest absolute Gasteiger partial charge is 0.219 e. The molecule has 0 aliphatic carbocycles. The van der Waals surface area contributed by atoms with Gasteiger partial charge in [-0.05, 0) is 36.9 Å². The molecule has 0 spiro atoms. The monoisotopic (exact) mass is 244 g/mol. The van der Waals surface area contributed by atoms with E-state index in [1.54, 1.807) is 36.5 Å². The molecule has 0 bridgehead atoms. The Morgan fingerprint density at radius 2 is 1.89 bits per heavy atom. The van der Waals surface area contributed by atoms with Gasteiger partial charge in [0.2, 0.25) is 5.88 Å². The average Bonchev–Trinajstić information content (AvgIpc) is 2.42. The minimum Gasteiger partial charge on any atom is -0.439 e. The second-order valence-corrected chi connectivity index (χ2v) is 3.37. The molecule has 0 atom stereocenters. The van der Waals surface area contributed by atoms with Crippen LogP contribution < -0.4 is 10.5 Å². The van der Waals surface area contributed by atoms with Gasteiger partial charge in [-0.15, -0.1) is 0 Å². The first-order valence-electron chi connectivity index (χ1n) is 5.64. The van der Waals surface area contributed by atoms with Crippen molar-refractivity contribution in [1.82, 2.24) is 4.98 Å². The van der Waals surface area contributed by atoms with Crippen molar-refractivity contribution >= 4 is 6.29 Å². The minimum absolute atomic E-state index is 0.538. The summed E-state index contributed by atoms with van der Waals surface area (Å²) >= 11 is 0. The Hall–Kier alpha value is -2.20. The zero-order chi connectivity index (χ0) is 13.2. The molecule has 0 saturated heterocycles. The van der Waals surface area contributed by atoms with E-state index in [9.17, 15) is 4.79 Å². The Morgan fingerprint density at radius 1 is 1.22 bits per heavy atom. The van der Waals surface area contributed by atoms with E-state index in [0.717, 1.165) is 12.8 Å². The number of ether oxygens (including phenoxy) is 1. The summed E-state index contributed by atoms with van der Waals surface area (Å²) < 4.78 is 5.45. The van der Waals surface area contributed by atoms with Gasteiger partial charge < -0.3 is 10.5 Å². The number of nitrogens with two attached hydrogens (primary N) is 1. The van der Waals surface area contributed by atoms with E-state index in [0.29, 0.717) is 17.2 Å². The van der Waals surface area contributed by atoms with Crippen LogP contribution in [0.3, 0.4) is 0 Å². The van der Waals surface area contributed by atoms with Crippen molar-refractivity contribution in [3.63, 3.8) is 0 Å². The van der Waals surface area contributed by atoms with Crippen LogP contribution in [0.2, 0.25) is 0 Å². The molecule has 4 heteroatoms. The van der Waals surface area contributed by atoms with Crippen molar-refractivity contribution in [1.29, 1.82) is 0 Å². The summed E-state index contributed by atoms with van der Waals surface area (Å²) in [6.45, 7) is 2.65. The molecule has 4 nitrogen and oxygen atoms in total. The third-order valence-corrected chi connectivity index (χ3v) is 1.88. The van der Waals surface area contributed by atoms with Gasteiger partial charge in [0, 0.05) is 17.8 Å². The lowest BCUT2D eigenvalue weighted by Crippen LogP contribution is -1.87. The zero-order valence-corrected chi connectivity index (χ0v) is 10.2. The van der Waals surface area contributed by atoms with E-state index >= 15 is 0 Å². The lowest BCUT2D eigenvalue weighted by molar-refractivity contribution is 0.112. The van der Waals surface area contributed by atoms with Crippen LogP contribution in [0.15, 0.2) is 48.7 Å². The molecule has 1 heterocycles. The van der Waals surface area contributed by atoms with Crippen molar-refractivity contribution in [3.05, 3.63) is 54.2 Å². The summed E-state index contributed by atoms with van der Waals surface area (Å²) in [6, 6.07) is 12.3. The van der Waals surface area contributed by atoms with Crippen LogP contribution in [0.5, 0.6) is 11.6 Å². The first kappa shape index (κ1) is 13.9. The summed E-state index contributed by atoms with van der Waals surface area (Å²) in [7, 11) is 0. The van der Waals surface area contributed by atoms with E-state index in [-0.39, 0.29) is 0 Å². The molecular weight excluding hydrogens is 228 g/mol. The van der Waals surface area contributed by atoms with Gasteiger partial charge in [0.05, 0.1) is 0 Å². The summed E-state index contributed by atoms with van der Waals surface area (Å²) in [5, 5.41) is 0. The lowest BCUT2D eigenvalue weighted by atomic mass is 10.2. The fourth-order valence-electron chi connectivity index (χ4n) is 1.14. The predicted octanol–water partition coefficient (Wildman–Crippen LogP) is 2.65. The normalized spacial score (nSPS) is 9.00. The Bertz CT molecular complexity index is 455. The first-order chi connectivity index (χ1) is 8.80. The van der Waals surface area contributed by atoms with E-state index in [2.05, 4.69) is 4.98 Å². The highest BCUT2D eigenvalue weighted by Crippen LogP contribution is 2.18. The average molecular weight is 244 g/mol. The number of aldehydes is 1. The molecule has 0 amide bonds. The van der Waals surface area contributed by atoms with Crippen molar-refractivity contribution in [2.24, 2.45) is 5.73 Å². The Morgan fingerprint density at radius 3 is 2.39 bits per heavy atom. The number of carbonyl (C=O) groups excluding carboxylic acids is 1. The van der Waals surface area contributed by atoms with Crippen LogP contribution in [0.25, 0.3) is 0 Å². The number of pyridine rings is 1. The Kier molecular flexibility index (Phi) is 6.14. The second-order valence-electron chi connectivity index (χ2n) is 3.37. The highest BCUT2D eigenvalue weighted by molar-refractivity contribution is 5.74. The number of nitrogens with zero attached hydrogens (tertiary/aromatic N) is 1. The van der Waals surface area contributed by atoms with E-state index in [4.69, 9.17) is 10.5 Å². The molecule has 0 saturated carbocycles. The third kappa shape index (κ3) is 4.76. The van der Waals surface area contributed by atoms with E-state index < -0.39 is 0 Å². The van der Waals surface area contributed by atoms with Gasteiger partial charge in [-0.3, -0.25) is 4.79 Å². The molecule has 2 N–H and O–H groups in total. The minimum atomic E-state index is 0.538. The number of carbonyl (C=O) groups is 1. The SMILES string of the molecule is CCN.O=Cc1ccc(Oc2ccccn2)cc1. The van der Waals surface area contributed by atoms with Gasteiger partial charge in [-0.25, -0.2) is 4.98 Å². The Balaban J connectivity index is 0.000000492. The number of hydrogen-bond acceptors (Lipinski definition) is 4. The van der Waals surface area contributed by atoms with Crippen molar-refractivity contribution in [2.45, 2.75) is 6.92 Å². The van der Waals surface area contributed by atoms with Crippen LogP contribution in [0, 0.1) is 0 Å². The van der Waals surface area contributed by atoms with Gasteiger partial charge >= 0.3 is 0 Å². The number of rotatable bonds is 3. The third-order valence-electron chi connectivity index (χ3n) is 1.88. The number of benzene rings is 1. The molecule has 0 fully saturated rings. The van der Waals surface area contributed by atoms with Crippen LogP contribution in [-0.4, -0.2) is 17.8 Å². The maximum atomic E-state index is 10.4. The topological polar surface area (TPSA) is 65.2 Å². The van der Waals surface area contributed by atoms with Gasteiger partial charge in [-0.2, -0.15) is 0 Å². The molecule has 0 aliphatic heterocycles. The van der Waals surface area contributed by atoms with Gasteiger partial charge in [-0.1, -0.05) is 13.0 Å². The molecule has 0 aliphatic rings.